The smallest absolute Gasteiger partial charge is 0.326 e. The van der Waals surface area contributed by atoms with E-state index < -0.39 is 12.0 Å². The van der Waals surface area contributed by atoms with E-state index in [1.54, 1.807) is 6.07 Å². The van der Waals surface area contributed by atoms with Crippen LogP contribution >= 0.6 is 0 Å². The molecule has 182 valence electrons. The van der Waals surface area contributed by atoms with Gasteiger partial charge in [-0.3, -0.25) is 0 Å². The SMILES string of the molecule is O=C(O)C(Cc1ccccc1)Nc1cc(-c2ccc(-c3ccc(Oc4ccccc4)cc3)cc2)ncn1. The van der Waals surface area contributed by atoms with Gasteiger partial charge in [-0.05, 0) is 41.0 Å². The van der Waals surface area contributed by atoms with E-state index in [0.29, 0.717) is 17.9 Å². The Labute approximate surface area is 215 Å². The molecule has 6 heteroatoms. The van der Waals surface area contributed by atoms with Gasteiger partial charge in [0.2, 0.25) is 0 Å². The second-order valence-corrected chi connectivity index (χ2v) is 8.53. The molecule has 0 saturated carbocycles. The lowest BCUT2D eigenvalue weighted by Crippen LogP contribution is -2.31. The highest BCUT2D eigenvalue weighted by Crippen LogP contribution is 2.28. The Morgan fingerprint density at radius 1 is 0.730 bits per heavy atom. The number of hydrogen-bond acceptors (Lipinski definition) is 5. The van der Waals surface area contributed by atoms with Gasteiger partial charge in [0.1, 0.15) is 29.7 Å². The molecule has 1 unspecified atom stereocenters. The molecule has 0 aliphatic carbocycles. The summed E-state index contributed by atoms with van der Waals surface area (Å²) in [6, 6.07) is 36.2. The third-order valence-electron chi connectivity index (χ3n) is 5.92. The van der Waals surface area contributed by atoms with Crippen LogP contribution in [0, 0.1) is 0 Å². The minimum absolute atomic E-state index is 0.347. The summed E-state index contributed by atoms with van der Waals surface area (Å²) >= 11 is 0. The van der Waals surface area contributed by atoms with Gasteiger partial charge in [-0.2, -0.15) is 0 Å². The molecule has 2 N–H and O–H groups in total. The zero-order valence-electron chi connectivity index (χ0n) is 20.0. The van der Waals surface area contributed by atoms with Crippen LogP contribution < -0.4 is 10.1 Å². The Kier molecular flexibility index (Phi) is 7.18. The number of rotatable bonds is 9. The van der Waals surface area contributed by atoms with Crippen molar-refractivity contribution in [3.8, 4) is 33.9 Å². The highest BCUT2D eigenvalue weighted by molar-refractivity contribution is 5.78. The molecular weight excluding hydrogens is 462 g/mol. The number of benzene rings is 4. The van der Waals surface area contributed by atoms with Crippen molar-refractivity contribution in [1.29, 1.82) is 0 Å². The zero-order valence-corrected chi connectivity index (χ0v) is 20.0. The van der Waals surface area contributed by atoms with Crippen molar-refractivity contribution in [3.05, 3.63) is 127 Å². The molecule has 1 heterocycles. The third-order valence-corrected chi connectivity index (χ3v) is 5.92. The Balaban J connectivity index is 1.28. The first-order chi connectivity index (χ1) is 18.1. The van der Waals surface area contributed by atoms with Crippen molar-refractivity contribution in [3.63, 3.8) is 0 Å². The molecule has 0 saturated heterocycles. The normalized spacial score (nSPS) is 11.5. The predicted octanol–water partition coefficient (Wildman–Crippen LogP) is 6.71. The number of nitrogens with one attached hydrogen (secondary N) is 1. The molecule has 0 aliphatic rings. The first-order valence-electron chi connectivity index (χ1n) is 11.9. The molecule has 37 heavy (non-hydrogen) atoms. The van der Waals surface area contributed by atoms with Crippen LogP contribution in [0.15, 0.2) is 122 Å². The standard InChI is InChI=1S/C31H25N3O3/c35-31(36)29(19-22-7-3-1-4-8-22)34-30-20-28(32-21-33-30)25-13-11-23(12-14-25)24-15-17-27(18-16-24)37-26-9-5-2-6-10-26/h1-18,20-21,29H,19H2,(H,35,36)(H,32,33,34). The van der Waals surface area contributed by atoms with Crippen molar-refractivity contribution < 1.29 is 14.6 Å². The molecule has 0 fully saturated rings. The van der Waals surface area contributed by atoms with Gasteiger partial charge in [0.05, 0.1) is 5.69 Å². The quantitative estimate of drug-likeness (QED) is 0.240. The summed E-state index contributed by atoms with van der Waals surface area (Å²) in [5, 5.41) is 12.7. The molecule has 6 nitrogen and oxygen atoms in total. The van der Waals surface area contributed by atoms with Crippen LogP contribution in [0.3, 0.4) is 0 Å². The fourth-order valence-corrected chi connectivity index (χ4v) is 4.00. The van der Waals surface area contributed by atoms with Crippen molar-refractivity contribution in [1.82, 2.24) is 9.97 Å². The van der Waals surface area contributed by atoms with E-state index in [2.05, 4.69) is 15.3 Å². The molecule has 0 radical (unpaired) electrons. The minimum atomic E-state index is -0.937. The Hall–Kier alpha value is -4.97. The first kappa shape index (κ1) is 23.8. The van der Waals surface area contributed by atoms with Crippen molar-refractivity contribution in [2.75, 3.05) is 5.32 Å². The average molecular weight is 488 g/mol. The molecule has 0 spiro atoms. The monoisotopic (exact) mass is 487 g/mol. The van der Waals surface area contributed by atoms with Crippen molar-refractivity contribution in [2.24, 2.45) is 0 Å². The molecule has 0 aliphatic heterocycles. The Bertz CT molecular complexity index is 1460. The van der Waals surface area contributed by atoms with Gasteiger partial charge < -0.3 is 15.2 Å². The number of aromatic nitrogens is 2. The van der Waals surface area contributed by atoms with Gasteiger partial charge in [-0.1, -0.05) is 84.9 Å². The van der Waals surface area contributed by atoms with Crippen molar-refractivity contribution >= 4 is 11.8 Å². The molecule has 1 aromatic heterocycles. The van der Waals surface area contributed by atoms with Crippen LogP contribution in [0.2, 0.25) is 0 Å². The zero-order chi connectivity index (χ0) is 25.5. The molecule has 1 atom stereocenters. The van der Waals surface area contributed by atoms with Gasteiger partial charge >= 0.3 is 5.97 Å². The molecule has 5 rings (SSSR count). The maximum Gasteiger partial charge on any atom is 0.326 e. The second-order valence-electron chi connectivity index (χ2n) is 8.53. The Morgan fingerprint density at radius 2 is 1.30 bits per heavy atom. The maximum absolute atomic E-state index is 11.8. The largest absolute Gasteiger partial charge is 0.480 e. The highest BCUT2D eigenvalue weighted by Gasteiger charge is 2.18. The van der Waals surface area contributed by atoms with Crippen molar-refractivity contribution in [2.45, 2.75) is 12.5 Å². The van der Waals surface area contributed by atoms with Gasteiger partial charge in [-0.15, -0.1) is 0 Å². The summed E-state index contributed by atoms with van der Waals surface area (Å²) in [5.74, 6) is 1.10. The number of anilines is 1. The lowest BCUT2D eigenvalue weighted by Gasteiger charge is -2.15. The summed E-state index contributed by atoms with van der Waals surface area (Å²) in [6.45, 7) is 0. The summed E-state index contributed by atoms with van der Waals surface area (Å²) in [7, 11) is 0. The van der Waals surface area contributed by atoms with Gasteiger partial charge in [-0.25, -0.2) is 14.8 Å². The number of hydrogen-bond donors (Lipinski definition) is 2. The number of aliphatic carboxylic acids is 1. The van der Waals surface area contributed by atoms with Crippen LogP contribution in [0.4, 0.5) is 5.82 Å². The van der Waals surface area contributed by atoms with E-state index in [4.69, 9.17) is 4.74 Å². The third kappa shape index (κ3) is 6.18. The fourth-order valence-electron chi connectivity index (χ4n) is 4.00. The van der Waals surface area contributed by atoms with E-state index in [0.717, 1.165) is 33.8 Å². The average Bonchev–Trinajstić information content (AvgIpc) is 2.94. The lowest BCUT2D eigenvalue weighted by molar-refractivity contribution is -0.137. The molecule has 5 aromatic rings. The van der Waals surface area contributed by atoms with E-state index in [9.17, 15) is 9.90 Å². The number of carbonyl (C=O) groups is 1. The maximum atomic E-state index is 11.8. The first-order valence-corrected chi connectivity index (χ1v) is 11.9. The van der Waals surface area contributed by atoms with Gasteiger partial charge in [0, 0.05) is 18.1 Å². The Morgan fingerprint density at radius 3 is 1.95 bits per heavy atom. The van der Waals surface area contributed by atoms with E-state index in [1.807, 2.05) is 109 Å². The van der Waals surface area contributed by atoms with Crippen LogP contribution in [-0.4, -0.2) is 27.1 Å². The fraction of sp³-hybridized carbons (Fsp3) is 0.0645. The summed E-state index contributed by atoms with van der Waals surface area (Å²) < 4.78 is 5.88. The second kappa shape index (κ2) is 11.2. The van der Waals surface area contributed by atoms with Gasteiger partial charge in [0.25, 0.3) is 0 Å². The molecule has 0 bridgehead atoms. The predicted molar refractivity (Wildman–Crippen MR) is 145 cm³/mol. The summed E-state index contributed by atoms with van der Waals surface area (Å²) in [5.41, 5.74) is 4.69. The summed E-state index contributed by atoms with van der Waals surface area (Å²) in [4.78, 5) is 20.5. The highest BCUT2D eigenvalue weighted by atomic mass is 16.5. The number of para-hydroxylation sites is 1. The van der Waals surface area contributed by atoms with Crippen LogP contribution in [0.25, 0.3) is 22.4 Å². The minimum Gasteiger partial charge on any atom is -0.480 e. The van der Waals surface area contributed by atoms with E-state index >= 15 is 0 Å². The molecule has 0 amide bonds. The number of carboxylic acids is 1. The van der Waals surface area contributed by atoms with E-state index in [1.165, 1.54) is 6.33 Å². The lowest BCUT2D eigenvalue weighted by atomic mass is 10.0. The molecule has 4 aromatic carbocycles. The molecular formula is C31H25N3O3. The van der Waals surface area contributed by atoms with E-state index in [-0.39, 0.29) is 0 Å². The van der Waals surface area contributed by atoms with Crippen LogP contribution in [-0.2, 0) is 11.2 Å². The number of nitrogens with zero attached hydrogens (tertiary/aromatic N) is 2. The van der Waals surface area contributed by atoms with Crippen LogP contribution in [0.5, 0.6) is 11.5 Å². The van der Waals surface area contributed by atoms with Gasteiger partial charge in [0.15, 0.2) is 0 Å². The number of ether oxygens (including phenoxy) is 1. The topological polar surface area (TPSA) is 84.3 Å². The summed E-state index contributed by atoms with van der Waals surface area (Å²) in [6.07, 6.45) is 1.79. The number of carboxylic acid groups (broad SMARTS) is 1. The van der Waals surface area contributed by atoms with Crippen LogP contribution in [0.1, 0.15) is 5.56 Å².